The maximum atomic E-state index is 9.93. The standard InChI is InChI=1S/C3H5ClN2O4/c1-3(4,6(9)10)2-5(7)8/h2H2,1H3. The van der Waals surface area contributed by atoms with E-state index in [1.807, 2.05) is 0 Å². The normalized spacial score (nSPS) is 15.8. The summed E-state index contributed by atoms with van der Waals surface area (Å²) in [5.41, 5.74) is 0. The van der Waals surface area contributed by atoms with Crippen LogP contribution in [-0.4, -0.2) is 21.4 Å². The van der Waals surface area contributed by atoms with Gasteiger partial charge < -0.3 is 0 Å². The zero-order valence-corrected chi connectivity index (χ0v) is 5.87. The van der Waals surface area contributed by atoms with Gasteiger partial charge in [0, 0.05) is 16.8 Å². The number of nitrogens with zero attached hydrogens (tertiary/aromatic N) is 2. The molecule has 6 nitrogen and oxygen atoms in total. The van der Waals surface area contributed by atoms with Crippen LogP contribution in [0.5, 0.6) is 0 Å². The van der Waals surface area contributed by atoms with Crippen molar-refractivity contribution in [3.63, 3.8) is 0 Å². The van der Waals surface area contributed by atoms with E-state index in [9.17, 15) is 20.2 Å². The van der Waals surface area contributed by atoms with E-state index < -0.39 is 21.4 Å². The largest absolute Gasteiger partial charge is 0.355 e. The van der Waals surface area contributed by atoms with Crippen LogP contribution in [0.1, 0.15) is 6.92 Å². The van der Waals surface area contributed by atoms with Gasteiger partial charge in [0.2, 0.25) is 0 Å². The molecular weight excluding hydrogens is 163 g/mol. The highest BCUT2D eigenvalue weighted by molar-refractivity contribution is 6.22. The van der Waals surface area contributed by atoms with Crippen LogP contribution in [0.25, 0.3) is 0 Å². The second kappa shape index (κ2) is 2.78. The Morgan fingerprint density at radius 3 is 2.00 bits per heavy atom. The van der Waals surface area contributed by atoms with Crippen molar-refractivity contribution in [1.29, 1.82) is 0 Å². The summed E-state index contributed by atoms with van der Waals surface area (Å²) < 4.78 is 0. The zero-order valence-electron chi connectivity index (χ0n) is 5.11. The van der Waals surface area contributed by atoms with E-state index >= 15 is 0 Å². The van der Waals surface area contributed by atoms with Crippen LogP contribution in [0, 0.1) is 20.2 Å². The van der Waals surface area contributed by atoms with Gasteiger partial charge in [-0.2, -0.15) is 0 Å². The Bertz CT molecular complexity index is 168. The lowest BCUT2D eigenvalue weighted by Gasteiger charge is -2.05. The first-order valence-electron chi connectivity index (χ1n) is 2.31. The average molecular weight is 169 g/mol. The summed E-state index contributed by atoms with van der Waals surface area (Å²) in [5.74, 6) is 0. The number of hydrogen-bond donors (Lipinski definition) is 0. The van der Waals surface area contributed by atoms with Crippen LogP contribution in [0.15, 0.2) is 0 Å². The fourth-order valence-electron chi connectivity index (χ4n) is 0.293. The highest BCUT2D eigenvalue weighted by atomic mass is 35.5. The Morgan fingerprint density at radius 2 is 1.90 bits per heavy atom. The molecule has 0 heterocycles. The predicted molar refractivity (Wildman–Crippen MR) is 33.1 cm³/mol. The van der Waals surface area contributed by atoms with E-state index in [0.717, 1.165) is 6.92 Å². The molecule has 0 rings (SSSR count). The molecule has 10 heavy (non-hydrogen) atoms. The number of alkyl halides is 1. The van der Waals surface area contributed by atoms with E-state index in [1.54, 1.807) is 0 Å². The Balaban J connectivity index is 4.13. The molecule has 0 saturated heterocycles. The molecular formula is C3H5ClN2O4. The summed E-state index contributed by atoms with van der Waals surface area (Å²) in [6.45, 7) is 0.110. The lowest BCUT2D eigenvalue weighted by atomic mass is 10.3. The van der Waals surface area contributed by atoms with Gasteiger partial charge in [-0.05, 0) is 11.6 Å². The molecule has 1 atom stereocenters. The lowest BCUT2D eigenvalue weighted by molar-refractivity contribution is -0.599. The smallest absolute Gasteiger partial charge is 0.264 e. The summed E-state index contributed by atoms with van der Waals surface area (Å²) in [4.78, 5) is 16.0. The van der Waals surface area contributed by atoms with Crippen LogP contribution < -0.4 is 0 Å². The lowest BCUT2D eigenvalue weighted by Crippen LogP contribution is -2.35. The Hall–Kier alpha value is -0.910. The topological polar surface area (TPSA) is 86.3 Å². The molecule has 0 amide bonds. The molecule has 0 N–H and O–H groups in total. The van der Waals surface area contributed by atoms with Gasteiger partial charge in [-0.25, -0.2) is 0 Å². The molecule has 58 valence electrons. The number of halogens is 1. The van der Waals surface area contributed by atoms with E-state index in [1.165, 1.54) is 0 Å². The van der Waals surface area contributed by atoms with E-state index in [4.69, 9.17) is 11.6 Å². The van der Waals surface area contributed by atoms with Crippen LogP contribution in [-0.2, 0) is 0 Å². The van der Waals surface area contributed by atoms with E-state index in [-0.39, 0.29) is 0 Å². The van der Waals surface area contributed by atoms with Crippen LogP contribution in [0.4, 0.5) is 0 Å². The second-order valence-corrected chi connectivity index (χ2v) is 2.70. The van der Waals surface area contributed by atoms with Crippen molar-refractivity contribution in [2.24, 2.45) is 0 Å². The summed E-state index contributed by atoms with van der Waals surface area (Å²) in [5, 5.41) is 19.7. The maximum absolute atomic E-state index is 9.93. The zero-order chi connectivity index (χ0) is 8.36. The maximum Gasteiger partial charge on any atom is 0.355 e. The molecule has 0 spiro atoms. The van der Waals surface area contributed by atoms with Gasteiger partial charge in [-0.3, -0.25) is 20.2 Å². The Kier molecular flexibility index (Phi) is 2.53. The quantitative estimate of drug-likeness (QED) is 0.266. The Labute approximate surface area is 61.1 Å². The first-order valence-corrected chi connectivity index (χ1v) is 2.69. The van der Waals surface area contributed by atoms with Gasteiger partial charge in [-0.1, -0.05) is 0 Å². The van der Waals surface area contributed by atoms with E-state index in [0.29, 0.717) is 0 Å². The van der Waals surface area contributed by atoms with Crippen LogP contribution in [0.3, 0.4) is 0 Å². The first-order chi connectivity index (χ1) is 4.36. The molecule has 0 bridgehead atoms. The third kappa shape index (κ3) is 2.58. The molecule has 0 aliphatic rings. The minimum absolute atomic E-state index is 0.824. The highest BCUT2D eigenvalue weighted by Crippen LogP contribution is 2.13. The number of rotatable bonds is 3. The highest BCUT2D eigenvalue weighted by Gasteiger charge is 2.40. The van der Waals surface area contributed by atoms with Crippen molar-refractivity contribution in [3.05, 3.63) is 20.2 Å². The van der Waals surface area contributed by atoms with Crippen molar-refractivity contribution in [2.45, 2.75) is 11.9 Å². The third-order valence-electron chi connectivity index (χ3n) is 0.798. The molecule has 0 aromatic heterocycles. The van der Waals surface area contributed by atoms with Gasteiger partial charge in [0.25, 0.3) is 6.54 Å². The molecule has 0 aromatic rings. The summed E-state index contributed by atoms with van der Waals surface area (Å²) in [6, 6.07) is 0. The first kappa shape index (κ1) is 9.09. The molecule has 0 saturated carbocycles. The van der Waals surface area contributed by atoms with Crippen molar-refractivity contribution in [2.75, 3.05) is 6.54 Å². The SMILES string of the molecule is CC(Cl)(C[N+](=O)[O-])[N+](=O)[O-]. The third-order valence-corrected chi connectivity index (χ3v) is 1.06. The van der Waals surface area contributed by atoms with Crippen molar-refractivity contribution >= 4 is 11.6 Å². The minimum Gasteiger partial charge on any atom is -0.264 e. The van der Waals surface area contributed by atoms with Gasteiger partial charge >= 0.3 is 5.00 Å². The van der Waals surface area contributed by atoms with Crippen LogP contribution in [0.2, 0.25) is 0 Å². The van der Waals surface area contributed by atoms with Gasteiger partial charge in [0.15, 0.2) is 0 Å². The molecule has 1 unspecified atom stereocenters. The molecule has 0 aromatic carbocycles. The van der Waals surface area contributed by atoms with Crippen LogP contribution >= 0.6 is 11.6 Å². The van der Waals surface area contributed by atoms with Gasteiger partial charge in [0.05, 0.1) is 0 Å². The average Bonchev–Trinajstić information content (AvgIpc) is 1.60. The minimum atomic E-state index is -1.98. The summed E-state index contributed by atoms with van der Waals surface area (Å²) in [7, 11) is 0. The summed E-state index contributed by atoms with van der Waals surface area (Å²) in [6.07, 6.45) is 0. The van der Waals surface area contributed by atoms with Gasteiger partial charge in [0.1, 0.15) is 0 Å². The Morgan fingerprint density at radius 1 is 1.50 bits per heavy atom. The fraction of sp³-hybridized carbons (Fsp3) is 1.00. The van der Waals surface area contributed by atoms with Crippen molar-refractivity contribution in [3.8, 4) is 0 Å². The molecule has 0 aliphatic heterocycles. The number of nitro groups is 2. The predicted octanol–water partition coefficient (Wildman–Crippen LogP) is 0.495. The van der Waals surface area contributed by atoms with Crippen molar-refractivity contribution in [1.82, 2.24) is 0 Å². The molecule has 0 fully saturated rings. The monoisotopic (exact) mass is 168 g/mol. The second-order valence-electron chi connectivity index (χ2n) is 1.89. The molecule has 0 aliphatic carbocycles. The molecule has 7 heteroatoms. The van der Waals surface area contributed by atoms with Crippen molar-refractivity contribution < 1.29 is 9.85 Å². The van der Waals surface area contributed by atoms with E-state index in [2.05, 4.69) is 0 Å². The van der Waals surface area contributed by atoms with Gasteiger partial charge in [-0.15, -0.1) is 0 Å². The molecule has 0 radical (unpaired) electrons. The fourth-order valence-corrected chi connectivity index (χ4v) is 0.391. The summed E-state index contributed by atoms with van der Waals surface area (Å²) >= 11 is 5.13. The number of hydrogen-bond acceptors (Lipinski definition) is 4.